The van der Waals surface area contributed by atoms with Gasteiger partial charge in [0.2, 0.25) is 0 Å². The lowest BCUT2D eigenvalue weighted by molar-refractivity contribution is -0.0765. The minimum Gasteiger partial charge on any atom is -0.444 e. The Hall–Kier alpha value is -2.16. The fourth-order valence-electron chi connectivity index (χ4n) is 3.33. The van der Waals surface area contributed by atoms with Crippen molar-refractivity contribution in [3.05, 3.63) is 57.8 Å². The summed E-state index contributed by atoms with van der Waals surface area (Å²) in [6, 6.07) is 7.48. The van der Waals surface area contributed by atoms with Gasteiger partial charge in [0.1, 0.15) is 5.60 Å². The molecule has 0 saturated heterocycles. The number of halogens is 1. The molecule has 29 heavy (non-hydrogen) atoms. The summed E-state index contributed by atoms with van der Waals surface area (Å²) in [5.74, 6) is 0. The normalized spacial score (nSPS) is 17.0. The van der Waals surface area contributed by atoms with Crippen molar-refractivity contribution >= 4 is 27.7 Å². The first-order valence-corrected chi connectivity index (χ1v) is 10.2. The van der Waals surface area contributed by atoms with Crippen LogP contribution in [0.1, 0.15) is 49.8 Å². The summed E-state index contributed by atoms with van der Waals surface area (Å²) in [7, 11) is 1.43. The highest BCUT2D eigenvalue weighted by atomic mass is 79.9. The molecule has 2 aromatic rings. The Morgan fingerprint density at radius 2 is 2.17 bits per heavy atom. The maximum Gasteiger partial charge on any atom is 0.411 e. The van der Waals surface area contributed by atoms with Gasteiger partial charge in [-0.05, 0) is 50.1 Å². The molecule has 1 aliphatic rings. The van der Waals surface area contributed by atoms with Gasteiger partial charge in [-0.2, -0.15) is 0 Å². The second-order valence-electron chi connectivity index (χ2n) is 7.90. The van der Waals surface area contributed by atoms with Crippen LogP contribution >= 0.6 is 15.9 Å². The molecule has 2 heterocycles. The number of anilines is 1. The molecule has 2 atom stereocenters. The SMILES string of the molecule is COC(O)c1ccncc1NCC1c2ccc(Br)cc2CN1C(=O)OC(C)(C)C. The van der Waals surface area contributed by atoms with Gasteiger partial charge in [-0.15, -0.1) is 0 Å². The van der Waals surface area contributed by atoms with Crippen molar-refractivity contribution in [1.29, 1.82) is 0 Å². The Morgan fingerprint density at radius 3 is 2.86 bits per heavy atom. The summed E-state index contributed by atoms with van der Waals surface area (Å²) in [4.78, 5) is 18.7. The monoisotopic (exact) mass is 463 g/mol. The van der Waals surface area contributed by atoms with Crippen molar-refractivity contribution in [2.45, 2.75) is 45.2 Å². The van der Waals surface area contributed by atoms with Gasteiger partial charge in [-0.1, -0.05) is 22.0 Å². The lowest BCUT2D eigenvalue weighted by Gasteiger charge is -2.29. The van der Waals surface area contributed by atoms with Crippen LogP contribution < -0.4 is 5.32 Å². The number of fused-ring (bicyclic) bond motifs is 1. The van der Waals surface area contributed by atoms with Crippen LogP contribution in [0.15, 0.2) is 41.1 Å². The van der Waals surface area contributed by atoms with Crippen LogP contribution in [-0.2, 0) is 16.0 Å². The number of carbonyl (C=O) groups excluding carboxylic acids is 1. The average molecular weight is 464 g/mol. The van der Waals surface area contributed by atoms with Crippen LogP contribution in [0.2, 0.25) is 0 Å². The van der Waals surface area contributed by atoms with E-state index in [1.165, 1.54) is 7.11 Å². The predicted octanol–water partition coefficient (Wildman–Crippen LogP) is 4.39. The molecule has 0 aliphatic carbocycles. The van der Waals surface area contributed by atoms with E-state index < -0.39 is 11.9 Å². The molecule has 0 fully saturated rings. The summed E-state index contributed by atoms with van der Waals surface area (Å²) in [5.41, 5.74) is 2.78. The molecule has 7 nitrogen and oxygen atoms in total. The maximum absolute atomic E-state index is 12.8. The number of aromatic nitrogens is 1. The molecular weight excluding hydrogens is 438 g/mol. The molecule has 1 amide bonds. The third-order valence-corrected chi connectivity index (χ3v) is 5.13. The van der Waals surface area contributed by atoms with E-state index in [1.807, 2.05) is 39.0 Å². The first-order chi connectivity index (χ1) is 13.7. The molecule has 2 unspecified atom stereocenters. The van der Waals surface area contributed by atoms with Crippen molar-refractivity contribution in [2.24, 2.45) is 0 Å². The van der Waals surface area contributed by atoms with Gasteiger partial charge < -0.3 is 19.9 Å². The summed E-state index contributed by atoms with van der Waals surface area (Å²) in [6.45, 7) is 6.46. The highest BCUT2D eigenvalue weighted by Crippen LogP contribution is 2.37. The van der Waals surface area contributed by atoms with Gasteiger partial charge in [-0.25, -0.2) is 4.79 Å². The minimum absolute atomic E-state index is 0.222. The van der Waals surface area contributed by atoms with Crippen molar-refractivity contribution in [3.63, 3.8) is 0 Å². The average Bonchev–Trinajstić information content (AvgIpc) is 3.02. The quantitative estimate of drug-likeness (QED) is 0.639. The Labute approximate surface area is 179 Å². The number of hydrogen-bond acceptors (Lipinski definition) is 6. The molecule has 2 N–H and O–H groups in total. The summed E-state index contributed by atoms with van der Waals surface area (Å²) in [6.07, 6.45) is 1.81. The van der Waals surface area contributed by atoms with E-state index in [-0.39, 0.29) is 12.1 Å². The summed E-state index contributed by atoms with van der Waals surface area (Å²) < 4.78 is 11.6. The van der Waals surface area contributed by atoms with Crippen LogP contribution in [0, 0.1) is 0 Å². The summed E-state index contributed by atoms with van der Waals surface area (Å²) in [5, 5.41) is 13.4. The zero-order valence-corrected chi connectivity index (χ0v) is 18.6. The van der Waals surface area contributed by atoms with Crippen molar-refractivity contribution in [3.8, 4) is 0 Å². The van der Waals surface area contributed by atoms with Gasteiger partial charge in [-0.3, -0.25) is 9.88 Å². The number of nitrogens with one attached hydrogen (secondary N) is 1. The fraction of sp³-hybridized carbons (Fsp3) is 0.429. The Morgan fingerprint density at radius 1 is 1.41 bits per heavy atom. The minimum atomic E-state index is -1.06. The van der Waals surface area contributed by atoms with Crippen molar-refractivity contribution < 1.29 is 19.4 Å². The Balaban J connectivity index is 1.85. The molecule has 1 aromatic heterocycles. The molecule has 0 radical (unpaired) electrons. The number of benzene rings is 1. The third-order valence-electron chi connectivity index (χ3n) is 4.64. The number of rotatable bonds is 5. The number of hydrogen-bond donors (Lipinski definition) is 2. The maximum atomic E-state index is 12.8. The zero-order chi connectivity index (χ0) is 21.2. The number of methoxy groups -OCH3 is 1. The van der Waals surface area contributed by atoms with E-state index in [0.29, 0.717) is 24.3 Å². The molecule has 1 aliphatic heterocycles. The van der Waals surface area contributed by atoms with E-state index in [9.17, 15) is 9.90 Å². The third kappa shape index (κ3) is 5.07. The van der Waals surface area contributed by atoms with Gasteiger partial charge >= 0.3 is 6.09 Å². The molecule has 0 spiro atoms. The van der Waals surface area contributed by atoms with Crippen molar-refractivity contribution in [2.75, 3.05) is 19.0 Å². The lowest BCUT2D eigenvalue weighted by atomic mass is 10.0. The van der Waals surface area contributed by atoms with E-state index in [2.05, 4.69) is 26.2 Å². The standard InChI is InChI=1S/C21H26BrN3O4/c1-21(2,3)29-20(27)25-12-13-9-14(22)5-6-15(13)18(25)11-24-17-10-23-8-7-16(17)19(26)28-4/h5-10,18-19,24,26H,11-12H2,1-4H3. The second kappa shape index (κ2) is 8.69. The smallest absolute Gasteiger partial charge is 0.411 e. The molecule has 1 aromatic carbocycles. The zero-order valence-electron chi connectivity index (χ0n) is 17.0. The van der Waals surface area contributed by atoms with Gasteiger partial charge in [0.25, 0.3) is 0 Å². The first kappa shape index (κ1) is 21.5. The molecule has 3 rings (SSSR count). The Kier molecular flexibility index (Phi) is 6.45. The first-order valence-electron chi connectivity index (χ1n) is 9.36. The highest BCUT2D eigenvalue weighted by Gasteiger charge is 2.36. The molecular formula is C21H26BrN3O4. The van der Waals surface area contributed by atoms with E-state index in [0.717, 1.165) is 15.6 Å². The number of carbonyl (C=O) groups is 1. The van der Waals surface area contributed by atoms with Crippen LogP contribution in [0.25, 0.3) is 0 Å². The number of ether oxygens (including phenoxy) is 2. The Bertz CT molecular complexity index is 884. The van der Waals surface area contributed by atoms with Gasteiger partial charge in [0, 0.05) is 29.9 Å². The molecule has 156 valence electrons. The topological polar surface area (TPSA) is 83.9 Å². The van der Waals surface area contributed by atoms with Gasteiger partial charge in [0.05, 0.1) is 24.5 Å². The van der Waals surface area contributed by atoms with Crippen LogP contribution in [0.3, 0.4) is 0 Å². The van der Waals surface area contributed by atoms with Crippen LogP contribution in [0.5, 0.6) is 0 Å². The number of pyridine rings is 1. The second-order valence-corrected chi connectivity index (χ2v) is 8.81. The molecule has 8 heteroatoms. The number of aliphatic hydroxyl groups is 1. The van der Waals surface area contributed by atoms with E-state index in [4.69, 9.17) is 9.47 Å². The van der Waals surface area contributed by atoms with Crippen LogP contribution in [0.4, 0.5) is 10.5 Å². The van der Waals surface area contributed by atoms with Crippen LogP contribution in [-0.4, -0.2) is 40.3 Å². The molecule has 0 saturated carbocycles. The number of aliphatic hydroxyl groups excluding tert-OH is 1. The lowest BCUT2D eigenvalue weighted by Crippen LogP contribution is -2.38. The van der Waals surface area contributed by atoms with Gasteiger partial charge in [0.15, 0.2) is 6.29 Å². The molecule has 0 bridgehead atoms. The summed E-state index contributed by atoms with van der Waals surface area (Å²) >= 11 is 3.50. The number of nitrogens with zero attached hydrogens (tertiary/aromatic N) is 2. The predicted molar refractivity (Wildman–Crippen MR) is 113 cm³/mol. The largest absolute Gasteiger partial charge is 0.444 e. The highest BCUT2D eigenvalue weighted by molar-refractivity contribution is 9.10. The fourth-order valence-corrected chi connectivity index (χ4v) is 3.74. The number of amides is 1. The van der Waals surface area contributed by atoms with E-state index in [1.54, 1.807) is 23.4 Å². The van der Waals surface area contributed by atoms with Crippen molar-refractivity contribution in [1.82, 2.24) is 9.88 Å². The van der Waals surface area contributed by atoms with E-state index >= 15 is 0 Å².